The molecule has 0 spiro atoms. The predicted molar refractivity (Wildman–Crippen MR) is 121 cm³/mol. The van der Waals surface area contributed by atoms with Crippen LogP contribution in [0.15, 0.2) is 42.5 Å². The van der Waals surface area contributed by atoms with Gasteiger partial charge in [-0.1, -0.05) is 63.2 Å². The van der Waals surface area contributed by atoms with Gasteiger partial charge in [-0.05, 0) is 59.9 Å². The monoisotopic (exact) mass is 423 g/mol. The van der Waals surface area contributed by atoms with Crippen molar-refractivity contribution in [2.45, 2.75) is 71.6 Å². The number of ether oxygens (including phenoxy) is 2. The summed E-state index contributed by atoms with van der Waals surface area (Å²) >= 11 is 0. The molecule has 2 atom stereocenters. The molecule has 1 heterocycles. The number of methoxy groups -OCH3 is 1. The van der Waals surface area contributed by atoms with Crippen molar-refractivity contribution in [3.05, 3.63) is 70.3 Å². The zero-order chi connectivity index (χ0) is 22.4. The lowest BCUT2D eigenvalue weighted by molar-refractivity contribution is -0.145. The van der Waals surface area contributed by atoms with Gasteiger partial charge in [-0.15, -0.1) is 0 Å². The van der Waals surface area contributed by atoms with Crippen LogP contribution in [0.4, 0.5) is 4.79 Å². The molecule has 0 radical (unpaired) electrons. The minimum absolute atomic E-state index is 0.173. The lowest BCUT2D eigenvalue weighted by atomic mass is 9.88. The maximum absolute atomic E-state index is 13.3. The summed E-state index contributed by atoms with van der Waals surface area (Å²) in [6, 6.07) is 13.3. The van der Waals surface area contributed by atoms with Crippen LogP contribution < -0.4 is 0 Å². The maximum atomic E-state index is 13.3. The molecule has 0 N–H and O–H groups in total. The molecule has 1 amide bonds. The fraction of sp³-hybridized carbons (Fsp3) is 0.462. The van der Waals surface area contributed by atoms with Crippen molar-refractivity contribution >= 4 is 12.1 Å². The highest BCUT2D eigenvalue weighted by atomic mass is 16.6. The molecule has 166 valence electrons. The third kappa shape index (κ3) is 4.92. The smallest absolute Gasteiger partial charge is 0.411 e. The van der Waals surface area contributed by atoms with E-state index in [0.29, 0.717) is 12.8 Å². The van der Waals surface area contributed by atoms with Crippen LogP contribution in [-0.4, -0.2) is 30.1 Å². The molecular formula is C26H33NO4. The van der Waals surface area contributed by atoms with E-state index in [2.05, 4.69) is 32.9 Å². The van der Waals surface area contributed by atoms with Crippen LogP contribution in [0, 0.1) is 0 Å². The number of nitrogens with zero attached hydrogens (tertiary/aromatic N) is 1. The molecule has 31 heavy (non-hydrogen) atoms. The van der Waals surface area contributed by atoms with Gasteiger partial charge >= 0.3 is 12.1 Å². The standard InChI is InChI=1S/C26H33NO4/c1-5-18-15-20(6-2)24(21(7-3)16-18)22-13-14-23(25(28)30-4)27(22)26(29)31-17-19-11-9-8-10-12-19/h8-12,15-16,22-23H,5-7,13-14,17H2,1-4H3. The minimum atomic E-state index is -0.626. The number of hydrogen-bond acceptors (Lipinski definition) is 4. The zero-order valence-corrected chi connectivity index (χ0v) is 19.0. The van der Waals surface area contributed by atoms with E-state index in [0.717, 1.165) is 24.8 Å². The minimum Gasteiger partial charge on any atom is -0.467 e. The Labute approximate surface area is 185 Å². The van der Waals surface area contributed by atoms with Crippen molar-refractivity contribution in [3.8, 4) is 0 Å². The van der Waals surface area contributed by atoms with Crippen LogP contribution in [-0.2, 0) is 40.1 Å². The Bertz CT molecular complexity index is 884. The van der Waals surface area contributed by atoms with E-state index in [-0.39, 0.29) is 18.6 Å². The number of hydrogen-bond donors (Lipinski definition) is 0. The van der Waals surface area contributed by atoms with E-state index in [9.17, 15) is 9.59 Å². The van der Waals surface area contributed by atoms with E-state index in [4.69, 9.17) is 9.47 Å². The lowest BCUT2D eigenvalue weighted by Crippen LogP contribution is -2.43. The van der Waals surface area contributed by atoms with E-state index < -0.39 is 12.1 Å². The number of likely N-dealkylation sites (tertiary alicyclic amines) is 1. The second-order valence-electron chi connectivity index (χ2n) is 7.97. The molecule has 5 nitrogen and oxygen atoms in total. The van der Waals surface area contributed by atoms with Crippen LogP contribution in [0.25, 0.3) is 0 Å². The molecule has 0 bridgehead atoms. The second kappa shape index (κ2) is 10.5. The van der Waals surface area contributed by atoms with Crippen molar-refractivity contribution in [1.29, 1.82) is 0 Å². The predicted octanol–water partition coefficient (Wildman–Crippen LogP) is 5.39. The lowest BCUT2D eigenvalue weighted by Gasteiger charge is -2.31. The van der Waals surface area contributed by atoms with Crippen LogP contribution in [0.1, 0.15) is 67.5 Å². The number of benzene rings is 2. The van der Waals surface area contributed by atoms with E-state index in [1.165, 1.54) is 29.4 Å². The van der Waals surface area contributed by atoms with Crippen LogP contribution in [0.2, 0.25) is 0 Å². The molecule has 1 saturated heterocycles. The first-order chi connectivity index (χ1) is 15.0. The van der Waals surface area contributed by atoms with Gasteiger partial charge in [0.05, 0.1) is 13.2 Å². The Balaban J connectivity index is 1.96. The van der Waals surface area contributed by atoms with E-state index in [1.54, 1.807) is 4.90 Å². The largest absolute Gasteiger partial charge is 0.467 e. The van der Waals surface area contributed by atoms with Gasteiger partial charge < -0.3 is 9.47 Å². The first kappa shape index (κ1) is 22.9. The highest BCUT2D eigenvalue weighted by Crippen LogP contribution is 2.41. The summed E-state index contributed by atoms with van der Waals surface area (Å²) in [5.41, 5.74) is 5.88. The fourth-order valence-corrected chi connectivity index (χ4v) is 4.58. The number of carbonyl (C=O) groups excluding carboxylic acids is 2. The summed E-state index contributed by atoms with van der Waals surface area (Å²) in [6.07, 6.45) is 3.54. The molecule has 0 saturated carbocycles. The van der Waals surface area contributed by atoms with Crippen LogP contribution in [0.5, 0.6) is 0 Å². The van der Waals surface area contributed by atoms with Gasteiger partial charge in [-0.25, -0.2) is 9.59 Å². The Morgan fingerprint density at radius 1 is 0.935 bits per heavy atom. The van der Waals surface area contributed by atoms with Gasteiger partial charge in [0.1, 0.15) is 12.6 Å². The summed E-state index contributed by atoms with van der Waals surface area (Å²) in [4.78, 5) is 27.4. The van der Waals surface area contributed by atoms with Crippen molar-refractivity contribution in [2.24, 2.45) is 0 Å². The highest BCUT2D eigenvalue weighted by molar-refractivity contribution is 5.82. The molecule has 2 unspecified atom stereocenters. The SMILES string of the molecule is CCc1cc(CC)c(C2CCC(C(=O)OC)N2C(=O)OCc2ccccc2)c(CC)c1. The fourth-order valence-electron chi connectivity index (χ4n) is 4.58. The van der Waals surface area contributed by atoms with E-state index >= 15 is 0 Å². The highest BCUT2D eigenvalue weighted by Gasteiger charge is 2.44. The topological polar surface area (TPSA) is 55.8 Å². The summed E-state index contributed by atoms with van der Waals surface area (Å²) in [5.74, 6) is -0.388. The number of amides is 1. The first-order valence-electron chi connectivity index (χ1n) is 11.2. The third-order valence-electron chi connectivity index (χ3n) is 6.19. The van der Waals surface area contributed by atoms with Gasteiger partial charge in [0, 0.05) is 0 Å². The Morgan fingerprint density at radius 2 is 1.58 bits per heavy atom. The molecule has 1 aliphatic heterocycles. The first-order valence-corrected chi connectivity index (χ1v) is 11.2. The van der Waals surface area contributed by atoms with Crippen molar-refractivity contribution in [3.63, 3.8) is 0 Å². The quantitative estimate of drug-likeness (QED) is 0.560. The van der Waals surface area contributed by atoms with Gasteiger partial charge in [-0.2, -0.15) is 0 Å². The van der Waals surface area contributed by atoms with Crippen molar-refractivity contribution < 1.29 is 19.1 Å². The second-order valence-corrected chi connectivity index (χ2v) is 7.97. The van der Waals surface area contributed by atoms with Crippen LogP contribution in [0.3, 0.4) is 0 Å². The molecular weight excluding hydrogens is 390 g/mol. The molecule has 0 aliphatic carbocycles. The molecule has 3 rings (SSSR count). The van der Waals surface area contributed by atoms with E-state index in [1.807, 2.05) is 30.3 Å². The summed E-state index contributed by atoms with van der Waals surface area (Å²) in [6.45, 7) is 6.61. The molecule has 0 aromatic heterocycles. The Kier molecular flexibility index (Phi) is 7.72. The summed E-state index contributed by atoms with van der Waals surface area (Å²) < 4.78 is 10.7. The normalized spacial score (nSPS) is 18.1. The van der Waals surface area contributed by atoms with Crippen molar-refractivity contribution in [2.75, 3.05) is 7.11 Å². The average molecular weight is 424 g/mol. The summed E-state index contributed by atoms with van der Waals surface area (Å²) in [7, 11) is 1.37. The number of carbonyl (C=O) groups is 2. The maximum Gasteiger partial charge on any atom is 0.411 e. The van der Waals surface area contributed by atoms with Crippen LogP contribution >= 0.6 is 0 Å². The Hall–Kier alpha value is -2.82. The van der Waals surface area contributed by atoms with Gasteiger partial charge in [0.2, 0.25) is 0 Å². The number of rotatable bonds is 7. The molecule has 1 fully saturated rings. The molecule has 5 heteroatoms. The number of aryl methyl sites for hydroxylation is 3. The molecule has 2 aromatic rings. The molecule has 2 aromatic carbocycles. The Morgan fingerprint density at radius 3 is 2.13 bits per heavy atom. The van der Waals surface area contributed by atoms with Gasteiger partial charge in [0.25, 0.3) is 0 Å². The third-order valence-corrected chi connectivity index (χ3v) is 6.19. The molecule has 1 aliphatic rings. The number of esters is 1. The van der Waals surface area contributed by atoms with Crippen molar-refractivity contribution in [1.82, 2.24) is 4.90 Å². The average Bonchev–Trinajstić information content (AvgIpc) is 3.26. The van der Waals surface area contributed by atoms with Gasteiger partial charge in [-0.3, -0.25) is 4.90 Å². The van der Waals surface area contributed by atoms with Gasteiger partial charge in [0.15, 0.2) is 0 Å². The summed E-state index contributed by atoms with van der Waals surface area (Å²) in [5, 5.41) is 0. The zero-order valence-electron chi connectivity index (χ0n) is 19.0.